The van der Waals surface area contributed by atoms with Gasteiger partial charge in [0, 0.05) is 39.1 Å². The van der Waals surface area contributed by atoms with Crippen molar-refractivity contribution in [2.75, 3.05) is 32.7 Å². The molecule has 1 atom stereocenters. The van der Waals surface area contributed by atoms with Crippen LogP contribution in [0.25, 0.3) is 0 Å². The van der Waals surface area contributed by atoms with Gasteiger partial charge >= 0.3 is 0 Å². The van der Waals surface area contributed by atoms with Crippen molar-refractivity contribution < 1.29 is 4.79 Å². The number of nitrogens with zero attached hydrogens (tertiary/aromatic N) is 4. The van der Waals surface area contributed by atoms with Gasteiger partial charge in [-0.3, -0.25) is 14.6 Å². The van der Waals surface area contributed by atoms with Crippen molar-refractivity contribution in [3.63, 3.8) is 0 Å². The molecule has 2 aliphatic heterocycles. The molecule has 0 saturated carbocycles. The Morgan fingerprint density at radius 2 is 1.50 bits per heavy atom. The van der Waals surface area contributed by atoms with Crippen LogP contribution in [0.1, 0.15) is 45.8 Å². The van der Waals surface area contributed by atoms with Crippen LogP contribution in [0.5, 0.6) is 0 Å². The molecule has 186 valence electrons. The van der Waals surface area contributed by atoms with E-state index in [4.69, 9.17) is 5.10 Å². The maximum atomic E-state index is 13.6. The molecule has 1 saturated heterocycles. The molecule has 2 aliphatic rings. The van der Waals surface area contributed by atoms with Gasteiger partial charge in [0.15, 0.2) is 0 Å². The third-order valence-electron chi connectivity index (χ3n) is 7.63. The van der Waals surface area contributed by atoms with Crippen LogP contribution in [0.4, 0.5) is 0 Å². The lowest BCUT2D eigenvalue weighted by Gasteiger charge is -2.35. The average molecular weight is 481 g/mol. The molecule has 5 nitrogen and oxygen atoms in total. The molecule has 3 aromatic rings. The average Bonchev–Trinajstić information content (AvgIpc) is 3.33. The van der Waals surface area contributed by atoms with E-state index in [1.165, 1.54) is 27.8 Å². The predicted octanol–water partition coefficient (Wildman–Crippen LogP) is 5.11. The Labute approximate surface area is 215 Å². The second-order valence-electron chi connectivity index (χ2n) is 10.2. The number of hydrazone groups is 1. The second-order valence-corrected chi connectivity index (χ2v) is 10.2. The number of hydrogen-bond donors (Lipinski definition) is 0. The van der Waals surface area contributed by atoms with Crippen LogP contribution >= 0.6 is 0 Å². The van der Waals surface area contributed by atoms with E-state index in [1.807, 2.05) is 0 Å². The first-order valence-electron chi connectivity index (χ1n) is 13.0. The maximum absolute atomic E-state index is 13.6. The summed E-state index contributed by atoms with van der Waals surface area (Å²) in [6, 6.07) is 25.4. The number of carbonyl (C=O) groups excluding carboxylic acids is 1. The first-order valence-corrected chi connectivity index (χ1v) is 13.0. The highest BCUT2D eigenvalue weighted by Crippen LogP contribution is 2.34. The Balaban J connectivity index is 1.29. The van der Waals surface area contributed by atoms with E-state index >= 15 is 0 Å². The van der Waals surface area contributed by atoms with E-state index in [0.29, 0.717) is 6.54 Å². The van der Waals surface area contributed by atoms with Crippen molar-refractivity contribution in [3.8, 4) is 0 Å². The fraction of sp³-hybridized carbons (Fsp3) is 0.355. The number of carbonyl (C=O) groups is 1. The third kappa shape index (κ3) is 5.43. The number of rotatable bonds is 6. The number of hydrogen-bond acceptors (Lipinski definition) is 4. The molecule has 1 fully saturated rings. The molecular formula is C31H36N4O. The zero-order chi connectivity index (χ0) is 25.1. The quantitative estimate of drug-likeness (QED) is 0.492. The van der Waals surface area contributed by atoms with Crippen LogP contribution in [0, 0.1) is 20.8 Å². The zero-order valence-corrected chi connectivity index (χ0v) is 21.7. The van der Waals surface area contributed by atoms with Crippen molar-refractivity contribution in [2.24, 2.45) is 5.10 Å². The van der Waals surface area contributed by atoms with Crippen LogP contribution in [-0.4, -0.2) is 59.2 Å². The van der Waals surface area contributed by atoms with E-state index in [2.05, 4.69) is 103 Å². The second kappa shape index (κ2) is 10.8. The molecular weight excluding hydrogens is 444 g/mol. The monoisotopic (exact) mass is 480 g/mol. The number of benzene rings is 3. The number of piperazine rings is 1. The van der Waals surface area contributed by atoms with Gasteiger partial charge in [0.1, 0.15) is 0 Å². The van der Waals surface area contributed by atoms with Crippen molar-refractivity contribution >= 4 is 11.6 Å². The molecule has 1 amide bonds. The highest BCUT2D eigenvalue weighted by Gasteiger charge is 2.34. The Morgan fingerprint density at radius 3 is 2.22 bits per heavy atom. The molecule has 5 heteroatoms. The zero-order valence-electron chi connectivity index (χ0n) is 21.7. The minimum Gasteiger partial charge on any atom is -0.297 e. The molecule has 0 aliphatic carbocycles. The van der Waals surface area contributed by atoms with Crippen molar-refractivity contribution in [3.05, 3.63) is 106 Å². The Hall–Kier alpha value is -3.28. The summed E-state index contributed by atoms with van der Waals surface area (Å²) in [5.74, 6) is 0.0820. The molecule has 0 aromatic heterocycles. The van der Waals surface area contributed by atoms with Gasteiger partial charge in [-0.25, -0.2) is 5.01 Å². The van der Waals surface area contributed by atoms with E-state index in [1.54, 1.807) is 5.01 Å². The van der Waals surface area contributed by atoms with Crippen molar-refractivity contribution in [2.45, 2.75) is 39.8 Å². The highest BCUT2D eigenvalue weighted by molar-refractivity contribution is 6.03. The number of aryl methyl sites for hydroxylation is 3. The SMILES string of the molecule is Cc1ccc(C2=NN(C(=O)CN3CCN(Cc4ccccc4)CC3)C(c3ccccc3C)C2)cc1C. The molecule has 2 heterocycles. The minimum atomic E-state index is -0.0605. The molecule has 0 radical (unpaired) electrons. The smallest absolute Gasteiger partial charge is 0.257 e. The van der Waals surface area contributed by atoms with Crippen LogP contribution < -0.4 is 0 Å². The lowest BCUT2D eigenvalue weighted by atomic mass is 9.94. The summed E-state index contributed by atoms with van der Waals surface area (Å²) in [6.07, 6.45) is 0.740. The first-order chi connectivity index (χ1) is 17.5. The lowest BCUT2D eigenvalue weighted by molar-refractivity contribution is -0.134. The fourth-order valence-corrected chi connectivity index (χ4v) is 5.25. The summed E-state index contributed by atoms with van der Waals surface area (Å²) in [7, 11) is 0. The van der Waals surface area contributed by atoms with Gasteiger partial charge < -0.3 is 0 Å². The van der Waals surface area contributed by atoms with E-state index < -0.39 is 0 Å². The largest absolute Gasteiger partial charge is 0.297 e. The predicted molar refractivity (Wildman–Crippen MR) is 146 cm³/mol. The topological polar surface area (TPSA) is 39.2 Å². The van der Waals surface area contributed by atoms with Gasteiger partial charge in [0.25, 0.3) is 5.91 Å². The van der Waals surface area contributed by atoms with Crippen molar-refractivity contribution in [1.82, 2.24) is 14.8 Å². The maximum Gasteiger partial charge on any atom is 0.257 e. The summed E-state index contributed by atoms with van der Waals surface area (Å²) in [5.41, 5.74) is 8.35. The van der Waals surface area contributed by atoms with Gasteiger partial charge in [0.05, 0.1) is 18.3 Å². The summed E-state index contributed by atoms with van der Waals surface area (Å²) >= 11 is 0. The van der Waals surface area contributed by atoms with Crippen molar-refractivity contribution in [1.29, 1.82) is 0 Å². The van der Waals surface area contributed by atoms with E-state index in [0.717, 1.165) is 50.4 Å². The fourth-order valence-electron chi connectivity index (χ4n) is 5.25. The van der Waals surface area contributed by atoms with E-state index in [-0.39, 0.29) is 11.9 Å². The number of amides is 1. The highest BCUT2D eigenvalue weighted by atomic mass is 16.2. The summed E-state index contributed by atoms with van der Waals surface area (Å²) in [4.78, 5) is 18.4. The first kappa shape index (κ1) is 24.4. The standard InChI is InChI=1S/C31H36N4O/c1-23-13-14-27(19-25(23)3)29-20-30(28-12-8-7-9-24(28)2)35(32-29)31(36)22-34-17-15-33(16-18-34)21-26-10-5-4-6-11-26/h4-14,19,30H,15-18,20-22H2,1-3H3. The van der Waals surface area contributed by atoms with Gasteiger partial charge in [-0.15, -0.1) is 0 Å². The minimum absolute atomic E-state index is 0.0605. The Bertz CT molecular complexity index is 1240. The van der Waals surface area contributed by atoms with Gasteiger partial charge in [-0.1, -0.05) is 66.7 Å². The Kier molecular flexibility index (Phi) is 7.30. The summed E-state index contributed by atoms with van der Waals surface area (Å²) in [6.45, 7) is 11.5. The summed E-state index contributed by atoms with van der Waals surface area (Å²) in [5, 5.41) is 6.69. The molecule has 1 unspecified atom stereocenters. The molecule has 36 heavy (non-hydrogen) atoms. The summed E-state index contributed by atoms with van der Waals surface area (Å²) < 4.78 is 0. The van der Waals surface area contributed by atoms with Crippen LogP contribution in [0.3, 0.4) is 0 Å². The van der Waals surface area contributed by atoms with Crippen LogP contribution in [0.15, 0.2) is 77.9 Å². The third-order valence-corrected chi connectivity index (χ3v) is 7.63. The normalized spacial score (nSPS) is 18.9. The molecule has 0 spiro atoms. The van der Waals surface area contributed by atoms with Gasteiger partial charge in [0.2, 0.25) is 0 Å². The van der Waals surface area contributed by atoms with E-state index in [9.17, 15) is 4.79 Å². The van der Waals surface area contributed by atoms with Crippen LogP contribution in [-0.2, 0) is 11.3 Å². The van der Waals surface area contributed by atoms with Gasteiger partial charge in [-0.05, 0) is 60.2 Å². The van der Waals surface area contributed by atoms with Crippen LogP contribution in [0.2, 0.25) is 0 Å². The molecule has 0 bridgehead atoms. The van der Waals surface area contributed by atoms with Gasteiger partial charge in [-0.2, -0.15) is 5.10 Å². The molecule has 5 rings (SSSR count). The molecule has 0 N–H and O–H groups in total. The molecule has 3 aromatic carbocycles. The Morgan fingerprint density at radius 1 is 0.806 bits per heavy atom. The lowest BCUT2D eigenvalue weighted by Crippen LogP contribution is -2.49.